The van der Waals surface area contributed by atoms with Gasteiger partial charge in [-0.3, -0.25) is 0 Å². The summed E-state index contributed by atoms with van der Waals surface area (Å²) in [6.07, 6.45) is 0.927. The predicted octanol–water partition coefficient (Wildman–Crippen LogP) is 4.29. The first-order valence-electron chi connectivity index (χ1n) is 6.99. The van der Waals surface area contributed by atoms with Crippen LogP contribution in [0.15, 0.2) is 48.5 Å². The van der Waals surface area contributed by atoms with Crippen LogP contribution in [0.2, 0.25) is 0 Å². The number of nitrogens with two attached hydrogens (primary N) is 1. The molecule has 0 aromatic heterocycles. The Morgan fingerprint density at radius 2 is 1.65 bits per heavy atom. The fourth-order valence-electron chi connectivity index (χ4n) is 1.95. The second-order valence-corrected chi connectivity index (χ2v) is 4.59. The second-order valence-electron chi connectivity index (χ2n) is 4.59. The molecule has 3 heteroatoms. The highest BCUT2D eigenvalue weighted by Crippen LogP contribution is 2.26. The summed E-state index contributed by atoms with van der Waals surface area (Å²) in [6.45, 7) is 4.69. The van der Waals surface area contributed by atoms with Gasteiger partial charge < -0.3 is 15.2 Å². The zero-order valence-corrected chi connectivity index (χ0v) is 12.0. The summed E-state index contributed by atoms with van der Waals surface area (Å²) in [5, 5.41) is 0. The van der Waals surface area contributed by atoms with Crippen LogP contribution in [0.25, 0.3) is 0 Å². The van der Waals surface area contributed by atoms with E-state index < -0.39 is 0 Å². The lowest BCUT2D eigenvalue weighted by molar-refractivity contribution is 0.338. The third-order valence-electron chi connectivity index (χ3n) is 3.10. The Kier molecular flexibility index (Phi) is 5.02. The Balaban J connectivity index is 2.08. The molecule has 0 heterocycles. The average Bonchev–Trinajstić information content (AvgIpc) is 2.48. The standard InChI is InChI=1S/C17H21NO2/c1-3-17(18)13-8-10-14(11-9-13)20-16-7-5-6-15(12-16)19-4-2/h5-12,17H,3-4,18H2,1-2H3/t17-/m1/s1. The maximum atomic E-state index is 5.99. The Morgan fingerprint density at radius 1 is 0.950 bits per heavy atom. The van der Waals surface area contributed by atoms with Gasteiger partial charge >= 0.3 is 0 Å². The summed E-state index contributed by atoms with van der Waals surface area (Å²) in [6, 6.07) is 15.6. The number of hydrogen-bond donors (Lipinski definition) is 1. The molecule has 2 N–H and O–H groups in total. The fraction of sp³-hybridized carbons (Fsp3) is 0.294. The van der Waals surface area contributed by atoms with Gasteiger partial charge in [0, 0.05) is 12.1 Å². The first-order valence-corrected chi connectivity index (χ1v) is 6.99. The van der Waals surface area contributed by atoms with Gasteiger partial charge in [0.05, 0.1) is 6.61 Å². The molecule has 0 aliphatic carbocycles. The molecule has 0 fully saturated rings. The van der Waals surface area contributed by atoms with Gasteiger partial charge in [0.1, 0.15) is 17.2 Å². The van der Waals surface area contributed by atoms with Crippen LogP contribution in [0.3, 0.4) is 0 Å². The molecule has 0 saturated heterocycles. The Labute approximate surface area is 120 Å². The van der Waals surface area contributed by atoms with E-state index >= 15 is 0 Å². The van der Waals surface area contributed by atoms with Crippen LogP contribution in [-0.4, -0.2) is 6.61 Å². The molecule has 0 aliphatic heterocycles. The molecule has 0 spiro atoms. The van der Waals surface area contributed by atoms with Crippen LogP contribution in [0, 0.1) is 0 Å². The Hall–Kier alpha value is -2.00. The summed E-state index contributed by atoms with van der Waals surface area (Å²) in [4.78, 5) is 0. The SMILES string of the molecule is CCOc1cccc(Oc2ccc([C@H](N)CC)cc2)c1. The van der Waals surface area contributed by atoms with E-state index in [1.165, 1.54) is 0 Å². The van der Waals surface area contributed by atoms with Gasteiger partial charge in [-0.15, -0.1) is 0 Å². The summed E-state index contributed by atoms with van der Waals surface area (Å²) in [5.74, 6) is 2.38. The van der Waals surface area contributed by atoms with Gasteiger partial charge in [-0.2, -0.15) is 0 Å². The quantitative estimate of drug-likeness (QED) is 0.852. The van der Waals surface area contributed by atoms with E-state index in [2.05, 4.69) is 6.92 Å². The molecular weight excluding hydrogens is 250 g/mol. The lowest BCUT2D eigenvalue weighted by Crippen LogP contribution is -2.07. The molecule has 20 heavy (non-hydrogen) atoms. The van der Waals surface area contributed by atoms with E-state index in [4.69, 9.17) is 15.2 Å². The van der Waals surface area contributed by atoms with Crippen molar-refractivity contribution in [3.8, 4) is 17.2 Å². The fourth-order valence-corrected chi connectivity index (χ4v) is 1.95. The van der Waals surface area contributed by atoms with E-state index in [1.54, 1.807) is 0 Å². The van der Waals surface area contributed by atoms with E-state index in [-0.39, 0.29) is 6.04 Å². The molecular formula is C17H21NO2. The molecule has 106 valence electrons. The summed E-state index contributed by atoms with van der Waals surface area (Å²) in [7, 11) is 0. The van der Waals surface area contributed by atoms with Gasteiger partial charge in [-0.25, -0.2) is 0 Å². The zero-order chi connectivity index (χ0) is 14.4. The van der Waals surface area contributed by atoms with E-state index in [9.17, 15) is 0 Å². The summed E-state index contributed by atoms with van der Waals surface area (Å²) in [5.41, 5.74) is 7.12. The van der Waals surface area contributed by atoms with E-state index in [0.717, 1.165) is 29.2 Å². The van der Waals surface area contributed by atoms with Crippen molar-refractivity contribution in [3.63, 3.8) is 0 Å². The van der Waals surface area contributed by atoms with Crippen molar-refractivity contribution in [1.29, 1.82) is 0 Å². The second kappa shape index (κ2) is 6.96. The molecule has 3 nitrogen and oxygen atoms in total. The molecule has 0 aliphatic rings. The van der Waals surface area contributed by atoms with Gasteiger partial charge in [0.25, 0.3) is 0 Å². The topological polar surface area (TPSA) is 44.5 Å². The van der Waals surface area contributed by atoms with E-state index in [1.807, 2.05) is 55.5 Å². The molecule has 0 saturated carbocycles. The minimum atomic E-state index is 0.0883. The van der Waals surface area contributed by atoms with Crippen molar-refractivity contribution in [2.75, 3.05) is 6.61 Å². The smallest absolute Gasteiger partial charge is 0.131 e. The highest BCUT2D eigenvalue weighted by atomic mass is 16.5. The minimum Gasteiger partial charge on any atom is -0.494 e. The zero-order valence-electron chi connectivity index (χ0n) is 12.0. The molecule has 2 rings (SSSR count). The highest BCUT2D eigenvalue weighted by Gasteiger charge is 2.04. The largest absolute Gasteiger partial charge is 0.494 e. The van der Waals surface area contributed by atoms with Gasteiger partial charge in [-0.05, 0) is 43.2 Å². The average molecular weight is 271 g/mol. The molecule has 1 atom stereocenters. The lowest BCUT2D eigenvalue weighted by Gasteiger charge is -2.11. The molecule has 0 radical (unpaired) electrons. The van der Waals surface area contributed by atoms with Crippen molar-refractivity contribution in [2.24, 2.45) is 5.73 Å². The first-order chi connectivity index (χ1) is 9.72. The highest BCUT2D eigenvalue weighted by molar-refractivity contribution is 5.37. The Bertz CT molecular complexity index is 537. The summed E-state index contributed by atoms with van der Waals surface area (Å²) < 4.78 is 11.3. The van der Waals surface area contributed by atoms with Crippen molar-refractivity contribution in [1.82, 2.24) is 0 Å². The van der Waals surface area contributed by atoms with Crippen molar-refractivity contribution in [2.45, 2.75) is 26.3 Å². The van der Waals surface area contributed by atoms with Crippen LogP contribution in [0.5, 0.6) is 17.2 Å². The molecule has 0 amide bonds. The van der Waals surface area contributed by atoms with Crippen LogP contribution < -0.4 is 15.2 Å². The van der Waals surface area contributed by atoms with Gasteiger partial charge in [0.2, 0.25) is 0 Å². The Morgan fingerprint density at radius 3 is 2.30 bits per heavy atom. The van der Waals surface area contributed by atoms with Crippen LogP contribution in [-0.2, 0) is 0 Å². The van der Waals surface area contributed by atoms with Crippen LogP contribution >= 0.6 is 0 Å². The molecule has 0 unspecified atom stereocenters. The van der Waals surface area contributed by atoms with Crippen molar-refractivity contribution in [3.05, 3.63) is 54.1 Å². The predicted molar refractivity (Wildman–Crippen MR) is 81.3 cm³/mol. The number of rotatable bonds is 6. The van der Waals surface area contributed by atoms with Crippen LogP contribution in [0.1, 0.15) is 31.9 Å². The van der Waals surface area contributed by atoms with Gasteiger partial charge in [0.15, 0.2) is 0 Å². The molecule has 2 aromatic rings. The first kappa shape index (κ1) is 14.4. The third kappa shape index (κ3) is 3.75. The summed E-state index contributed by atoms with van der Waals surface area (Å²) >= 11 is 0. The maximum absolute atomic E-state index is 5.99. The molecule has 2 aromatic carbocycles. The monoisotopic (exact) mass is 271 g/mol. The molecule has 0 bridgehead atoms. The van der Waals surface area contributed by atoms with Crippen molar-refractivity contribution >= 4 is 0 Å². The minimum absolute atomic E-state index is 0.0883. The number of hydrogen-bond acceptors (Lipinski definition) is 3. The van der Waals surface area contributed by atoms with E-state index in [0.29, 0.717) is 6.61 Å². The number of benzene rings is 2. The number of ether oxygens (including phenoxy) is 2. The van der Waals surface area contributed by atoms with Crippen molar-refractivity contribution < 1.29 is 9.47 Å². The normalized spacial score (nSPS) is 11.9. The van der Waals surface area contributed by atoms with Gasteiger partial charge in [-0.1, -0.05) is 25.1 Å². The maximum Gasteiger partial charge on any atom is 0.131 e. The van der Waals surface area contributed by atoms with Crippen LogP contribution in [0.4, 0.5) is 0 Å². The lowest BCUT2D eigenvalue weighted by atomic mass is 10.1. The third-order valence-corrected chi connectivity index (χ3v) is 3.10.